The number of ether oxygens (including phenoxy) is 4. The molecule has 442 valence electrons. The molecule has 8 aromatic carbocycles. The highest BCUT2D eigenvalue weighted by Crippen LogP contribution is 2.22. The molecule has 0 aliphatic rings. The molecule has 0 atom stereocenters. The van der Waals surface area contributed by atoms with E-state index in [0.717, 1.165) is 17.1 Å². The standard InChI is InChI=1S/C15H13NO3.C14H12O2.C11H13NO3.C10H10O3.C9H10OS.C8H8O2.CH4/c1-11(17)12-7-9-14(10-8-12)19-15(18)16-13-5-3-2-4-6-13;1-11(15)12-7-9-14(10-8-12)16-13-5-3-2-4-6-13;1-3-15-11(14)12-10-6-4-9(5-7-10)8(2)13;1-7(11)8-4-3-5-9(6-8)10(12)13-2;1-7(10)8-3-5-9(11-2)6-4-8;1-6(9)7-2-4-8(10)5-3-7;/h2-10H,1H3,(H,16,18);2-10H,1H3;4-7H,3H2,1-2H3,(H,12,14);3-6H,1-2H3;3-6H,1-2H3;2-5,10H,1H3;1H4. The number of hydrogen-bond acceptors (Lipinski definition) is 15. The number of methoxy groups -OCH3 is 1. The van der Waals surface area contributed by atoms with Gasteiger partial charge in [0.15, 0.2) is 34.7 Å². The van der Waals surface area contributed by atoms with E-state index in [1.807, 2.05) is 79.1 Å². The fraction of sp³-hybridized carbons (Fsp3) is 0.162. The lowest BCUT2D eigenvalue weighted by Crippen LogP contribution is -2.16. The number of esters is 1. The van der Waals surface area contributed by atoms with E-state index >= 15 is 0 Å². The third-order valence-electron chi connectivity index (χ3n) is 11.0. The Morgan fingerprint density at radius 3 is 1.20 bits per heavy atom. The lowest BCUT2D eigenvalue weighted by Gasteiger charge is -2.06. The monoisotopic (exact) mass is 1170 g/mol. The molecule has 8 rings (SSSR count). The molecule has 0 saturated carbocycles. The van der Waals surface area contributed by atoms with Gasteiger partial charge in [-0.1, -0.05) is 68.1 Å². The van der Waals surface area contributed by atoms with E-state index in [4.69, 9.17) is 19.3 Å². The number of amides is 2. The molecule has 0 aliphatic heterocycles. The normalized spacial score (nSPS) is 9.47. The van der Waals surface area contributed by atoms with Gasteiger partial charge in [-0.2, -0.15) is 0 Å². The Kier molecular flexibility index (Phi) is 32.0. The summed E-state index contributed by atoms with van der Waals surface area (Å²) in [6.07, 6.45) is 0.956. The van der Waals surface area contributed by atoms with Gasteiger partial charge in [-0.3, -0.25) is 39.4 Å². The van der Waals surface area contributed by atoms with E-state index in [2.05, 4.69) is 15.4 Å². The number of hydrogen-bond donors (Lipinski definition) is 3. The molecule has 85 heavy (non-hydrogen) atoms. The minimum Gasteiger partial charge on any atom is -0.508 e. The van der Waals surface area contributed by atoms with Crippen molar-refractivity contribution in [3.63, 3.8) is 0 Å². The minimum absolute atomic E-state index is 0. The Balaban J connectivity index is 0.000000352. The molecule has 17 heteroatoms. The fourth-order valence-corrected chi connectivity index (χ4v) is 6.90. The summed E-state index contributed by atoms with van der Waals surface area (Å²) in [6.45, 7) is 11.1. The maximum Gasteiger partial charge on any atom is 0.417 e. The van der Waals surface area contributed by atoms with Crippen LogP contribution in [0.5, 0.6) is 23.0 Å². The lowest BCUT2D eigenvalue weighted by atomic mass is 10.1. The number of anilines is 2. The van der Waals surface area contributed by atoms with Gasteiger partial charge in [-0.05, 0) is 200 Å². The second-order valence-electron chi connectivity index (χ2n) is 17.5. The summed E-state index contributed by atoms with van der Waals surface area (Å²) in [6, 6.07) is 59.0. The van der Waals surface area contributed by atoms with Crippen LogP contribution in [-0.4, -0.2) is 77.9 Å². The van der Waals surface area contributed by atoms with Gasteiger partial charge in [0, 0.05) is 49.7 Å². The molecule has 0 unspecified atom stereocenters. The van der Waals surface area contributed by atoms with Crippen LogP contribution in [0.2, 0.25) is 0 Å². The number of rotatable bonds is 14. The first-order chi connectivity index (χ1) is 40.1. The second kappa shape index (κ2) is 38.4. The molecule has 0 bridgehead atoms. The zero-order valence-corrected chi connectivity index (χ0v) is 48.8. The number of benzene rings is 8. The first-order valence-corrected chi connectivity index (χ1v) is 27.0. The van der Waals surface area contributed by atoms with E-state index < -0.39 is 18.2 Å². The van der Waals surface area contributed by atoms with Gasteiger partial charge in [0.05, 0.1) is 19.3 Å². The summed E-state index contributed by atoms with van der Waals surface area (Å²) in [7, 11) is 1.31. The number of aromatic hydroxyl groups is 1. The number of para-hydroxylation sites is 2. The predicted molar refractivity (Wildman–Crippen MR) is 333 cm³/mol. The van der Waals surface area contributed by atoms with Crippen LogP contribution < -0.4 is 20.1 Å². The molecular weight excluding hydrogens is 1100 g/mol. The molecule has 0 spiro atoms. The molecule has 0 aromatic heterocycles. The lowest BCUT2D eigenvalue weighted by molar-refractivity contribution is 0.0599. The van der Waals surface area contributed by atoms with Crippen molar-refractivity contribution in [2.75, 3.05) is 30.6 Å². The third kappa shape index (κ3) is 27.8. The number of carbonyl (C=O) groups excluding carboxylic acids is 9. The zero-order chi connectivity index (χ0) is 62.0. The van der Waals surface area contributed by atoms with Crippen LogP contribution >= 0.6 is 11.8 Å². The van der Waals surface area contributed by atoms with Crippen molar-refractivity contribution in [2.24, 2.45) is 0 Å². The van der Waals surface area contributed by atoms with Gasteiger partial charge in [0.25, 0.3) is 0 Å². The van der Waals surface area contributed by atoms with E-state index in [-0.39, 0.29) is 47.9 Å². The smallest absolute Gasteiger partial charge is 0.417 e. The highest BCUT2D eigenvalue weighted by Gasteiger charge is 2.09. The van der Waals surface area contributed by atoms with E-state index in [1.54, 1.807) is 148 Å². The van der Waals surface area contributed by atoms with Crippen molar-refractivity contribution in [2.45, 2.75) is 60.8 Å². The van der Waals surface area contributed by atoms with Crippen molar-refractivity contribution in [3.05, 3.63) is 245 Å². The molecule has 0 aliphatic carbocycles. The van der Waals surface area contributed by atoms with Crippen molar-refractivity contribution >= 4 is 76.0 Å². The number of carbonyl (C=O) groups is 9. The Morgan fingerprint density at radius 2 is 0.776 bits per heavy atom. The number of Topliss-reactive ketones (excluding diaryl/α,β-unsaturated/α-hetero) is 6. The number of ketones is 6. The van der Waals surface area contributed by atoms with Crippen LogP contribution in [0.3, 0.4) is 0 Å². The highest BCUT2D eigenvalue weighted by atomic mass is 32.2. The Morgan fingerprint density at radius 1 is 0.412 bits per heavy atom. The summed E-state index contributed by atoms with van der Waals surface area (Å²) >= 11 is 1.68. The van der Waals surface area contributed by atoms with Gasteiger partial charge < -0.3 is 24.1 Å². The summed E-state index contributed by atoms with van der Waals surface area (Å²) in [5, 5.41) is 14.0. The van der Waals surface area contributed by atoms with Crippen molar-refractivity contribution in [1.29, 1.82) is 0 Å². The molecule has 3 N–H and O–H groups in total. The van der Waals surface area contributed by atoms with Crippen LogP contribution in [-0.2, 0) is 9.47 Å². The van der Waals surface area contributed by atoms with Crippen molar-refractivity contribution < 1.29 is 67.2 Å². The average molecular weight is 1170 g/mol. The Hall–Kier alpha value is -10.3. The predicted octanol–water partition coefficient (Wildman–Crippen LogP) is 16.2. The Bertz CT molecular complexity index is 3410. The van der Waals surface area contributed by atoms with E-state index in [9.17, 15) is 43.2 Å². The maximum atomic E-state index is 11.6. The molecule has 2 amide bonds. The second-order valence-corrected chi connectivity index (χ2v) is 18.3. The SMILES string of the molecule is C.CC(=O)c1ccc(O)cc1.CC(=O)c1ccc(OC(=O)Nc2ccccc2)cc1.CC(=O)c1ccc(Oc2ccccc2)cc1.CCOC(=O)Nc1ccc(C(C)=O)cc1.COC(=O)c1cccc(C(C)=O)c1.CSc1ccc(C(C)=O)cc1. The highest BCUT2D eigenvalue weighted by molar-refractivity contribution is 7.98. The van der Waals surface area contributed by atoms with Crippen LogP contribution in [0.1, 0.15) is 128 Å². The van der Waals surface area contributed by atoms with Crippen LogP contribution in [0.4, 0.5) is 21.0 Å². The average Bonchev–Trinajstić information content (AvgIpc) is 3.64. The summed E-state index contributed by atoms with van der Waals surface area (Å²) in [5.41, 5.74) is 5.48. The minimum atomic E-state index is -0.568. The summed E-state index contributed by atoms with van der Waals surface area (Å²) < 4.78 is 19.9. The maximum absolute atomic E-state index is 11.6. The Labute approximate surface area is 500 Å². The largest absolute Gasteiger partial charge is 0.508 e. The molecule has 0 fully saturated rings. The first-order valence-electron chi connectivity index (χ1n) is 25.8. The third-order valence-corrected chi connectivity index (χ3v) is 11.7. The van der Waals surface area contributed by atoms with Gasteiger partial charge in [0.1, 0.15) is 23.0 Å². The number of nitrogens with one attached hydrogen (secondary N) is 2. The molecular formula is C68H70N2O14S. The van der Waals surface area contributed by atoms with E-state index in [0.29, 0.717) is 57.1 Å². The van der Waals surface area contributed by atoms with E-state index in [1.165, 1.54) is 57.9 Å². The number of phenols is 1. The zero-order valence-electron chi connectivity index (χ0n) is 48.0. The molecule has 0 saturated heterocycles. The van der Waals surface area contributed by atoms with Crippen molar-refractivity contribution in [1.82, 2.24) is 0 Å². The molecule has 0 heterocycles. The molecule has 0 radical (unpaired) electrons. The van der Waals surface area contributed by atoms with Gasteiger partial charge in [0.2, 0.25) is 0 Å². The van der Waals surface area contributed by atoms with Crippen LogP contribution in [0.15, 0.2) is 211 Å². The number of thioether (sulfide) groups is 1. The summed E-state index contributed by atoms with van der Waals surface area (Å²) in [5.74, 6) is 1.77. The topological polar surface area (TPSA) is 235 Å². The number of phenolic OH excluding ortho intramolecular Hbond substituents is 1. The van der Waals surface area contributed by atoms with Gasteiger partial charge in [-0.15, -0.1) is 11.8 Å². The van der Waals surface area contributed by atoms with Gasteiger partial charge >= 0.3 is 18.2 Å². The fourth-order valence-electron chi connectivity index (χ4n) is 6.49. The molecule has 8 aromatic rings. The molecule has 16 nitrogen and oxygen atoms in total. The first kappa shape index (κ1) is 70.8. The van der Waals surface area contributed by atoms with Gasteiger partial charge in [-0.25, -0.2) is 14.4 Å². The van der Waals surface area contributed by atoms with Crippen LogP contribution in [0, 0.1) is 0 Å². The van der Waals surface area contributed by atoms with Crippen LogP contribution in [0.25, 0.3) is 0 Å². The van der Waals surface area contributed by atoms with Crippen molar-refractivity contribution in [3.8, 4) is 23.0 Å². The quantitative estimate of drug-likeness (QED) is 0.0522. The summed E-state index contributed by atoms with van der Waals surface area (Å²) in [4.78, 5) is 100.